The van der Waals surface area contributed by atoms with E-state index >= 15 is 4.32 Å². The minimum absolute atomic E-state index is 0.313. The van der Waals surface area contributed by atoms with Crippen molar-refractivity contribution in [3.63, 3.8) is 0 Å². The molecule has 0 rings (SSSR count). The SMILES string of the molecule is CC(C)N(B(F)[Si]([Si](C)(C)C)([Si](C)(C)C)[Si](C)(C)C)[Si](C)(C)C. The molecular formula is C15H43BFNSi5. The van der Waals surface area contributed by atoms with E-state index in [0.717, 1.165) is 0 Å². The van der Waals surface area contributed by atoms with Crippen molar-refractivity contribution in [2.24, 2.45) is 0 Å². The fraction of sp³-hybridized carbons (Fsp3) is 1.00. The first-order valence-corrected chi connectivity index (χ1v) is 28.2. The van der Waals surface area contributed by atoms with Gasteiger partial charge in [-0.15, -0.1) is 0 Å². The average molecular weight is 408 g/mol. The van der Waals surface area contributed by atoms with Crippen LogP contribution in [0.15, 0.2) is 0 Å². The molecule has 0 bridgehead atoms. The van der Waals surface area contributed by atoms with Gasteiger partial charge in [0.15, 0.2) is 0 Å². The summed E-state index contributed by atoms with van der Waals surface area (Å²) in [5, 5.41) is 0. The molecule has 0 aromatic rings. The molecule has 0 saturated carbocycles. The van der Waals surface area contributed by atoms with Crippen molar-refractivity contribution in [1.29, 1.82) is 0 Å². The van der Waals surface area contributed by atoms with Gasteiger partial charge in [-0.3, -0.25) is 0 Å². The Kier molecular flexibility index (Phi) is 7.30. The van der Waals surface area contributed by atoms with E-state index in [9.17, 15) is 0 Å². The molecule has 0 fully saturated rings. The highest BCUT2D eigenvalue weighted by Gasteiger charge is 2.70. The maximum Gasteiger partial charge on any atom is 0.398 e. The van der Waals surface area contributed by atoms with Gasteiger partial charge >= 0.3 is 6.72 Å². The molecule has 0 aliphatic rings. The van der Waals surface area contributed by atoms with Gasteiger partial charge < -0.3 is 8.79 Å². The Bertz CT molecular complexity index is 368. The number of rotatable bonds is 7. The summed E-state index contributed by atoms with van der Waals surface area (Å²) in [4.78, 5) is 0. The number of hydrogen-bond donors (Lipinski definition) is 0. The highest BCUT2D eigenvalue weighted by Crippen LogP contribution is 2.41. The lowest BCUT2D eigenvalue weighted by atomic mass is 10.2. The first-order chi connectivity index (χ1) is 9.73. The summed E-state index contributed by atoms with van der Waals surface area (Å²) in [6.45, 7) is 31.2. The minimum Gasteiger partial charge on any atom is -0.337 e. The monoisotopic (exact) mass is 407 g/mol. The third-order valence-electron chi connectivity index (χ3n) is 5.48. The molecule has 1 nitrogen and oxygen atoms in total. The van der Waals surface area contributed by atoms with Gasteiger partial charge in [0, 0.05) is 22.8 Å². The van der Waals surface area contributed by atoms with E-state index < -0.39 is 44.2 Å². The molecule has 0 aromatic carbocycles. The van der Waals surface area contributed by atoms with E-state index in [0.29, 0.717) is 6.04 Å². The lowest BCUT2D eigenvalue weighted by Crippen LogP contribution is -2.92. The van der Waals surface area contributed by atoms with Crippen molar-refractivity contribution >= 4 is 44.2 Å². The van der Waals surface area contributed by atoms with Crippen molar-refractivity contribution in [3.8, 4) is 0 Å². The van der Waals surface area contributed by atoms with Crippen LogP contribution in [0.1, 0.15) is 13.8 Å². The van der Waals surface area contributed by atoms with Gasteiger partial charge in [-0.25, -0.2) is 0 Å². The molecule has 0 amide bonds. The highest BCUT2D eigenvalue weighted by molar-refractivity contribution is 8.03. The molecule has 138 valence electrons. The van der Waals surface area contributed by atoms with Crippen molar-refractivity contribution in [1.82, 2.24) is 4.48 Å². The Morgan fingerprint density at radius 3 is 1.04 bits per heavy atom. The third kappa shape index (κ3) is 4.42. The van der Waals surface area contributed by atoms with E-state index in [1.54, 1.807) is 0 Å². The van der Waals surface area contributed by atoms with Crippen LogP contribution in [-0.2, 0) is 0 Å². The predicted molar refractivity (Wildman–Crippen MR) is 123 cm³/mol. The number of nitrogens with zero attached hydrogens (tertiary/aromatic N) is 1. The predicted octanol–water partition coefficient (Wildman–Crippen LogP) is 5.77. The van der Waals surface area contributed by atoms with E-state index in [1.165, 1.54) is 0 Å². The van der Waals surface area contributed by atoms with E-state index in [-0.39, 0.29) is 0 Å². The zero-order valence-electron chi connectivity index (χ0n) is 18.5. The Morgan fingerprint density at radius 1 is 0.652 bits per heavy atom. The van der Waals surface area contributed by atoms with E-state index in [4.69, 9.17) is 0 Å². The molecular weight excluding hydrogens is 364 g/mol. The lowest BCUT2D eigenvalue weighted by molar-refractivity contribution is 0.491. The molecule has 0 N–H and O–H groups in total. The van der Waals surface area contributed by atoms with Crippen LogP contribution in [0.25, 0.3) is 0 Å². The molecule has 0 aliphatic carbocycles. The first-order valence-electron chi connectivity index (χ1n) is 9.15. The van der Waals surface area contributed by atoms with E-state index in [1.807, 2.05) is 0 Å². The Labute approximate surface area is 151 Å². The van der Waals surface area contributed by atoms with Gasteiger partial charge in [-0.2, -0.15) is 0 Å². The van der Waals surface area contributed by atoms with Crippen LogP contribution < -0.4 is 0 Å². The van der Waals surface area contributed by atoms with Gasteiger partial charge in [0.2, 0.25) is 0 Å². The largest absolute Gasteiger partial charge is 0.398 e. The van der Waals surface area contributed by atoms with Gasteiger partial charge in [0.1, 0.15) is 8.24 Å². The number of halogens is 1. The van der Waals surface area contributed by atoms with Gasteiger partial charge in [0.25, 0.3) is 0 Å². The maximum atomic E-state index is 16.7. The van der Waals surface area contributed by atoms with Gasteiger partial charge in [0.05, 0.1) is 6.50 Å². The lowest BCUT2D eigenvalue weighted by Gasteiger charge is -2.60. The van der Waals surface area contributed by atoms with Crippen LogP contribution in [-0.4, -0.2) is 54.7 Å². The normalized spacial score (nSPS) is 15.5. The van der Waals surface area contributed by atoms with Crippen molar-refractivity contribution in [2.75, 3.05) is 0 Å². The second-order valence-corrected chi connectivity index (χ2v) is 57.1. The Morgan fingerprint density at radius 2 is 0.913 bits per heavy atom. The summed E-state index contributed by atoms with van der Waals surface area (Å²) in [6, 6.07) is 0.313. The quantitative estimate of drug-likeness (QED) is 0.484. The molecule has 0 saturated heterocycles. The van der Waals surface area contributed by atoms with Crippen LogP contribution in [0.4, 0.5) is 4.32 Å². The molecule has 0 spiro atoms. The van der Waals surface area contributed by atoms with Gasteiger partial charge in [-0.1, -0.05) is 92.4 Å². The molecule has 0 aromatic heterocycles. The smallest absolute Gasteiger partial charge is 0.337 e. The molecule has 0 aliphatic heterocycles. The molecule has 0 unspecified atom stereocenters. The van der Waals surface area contributed by atoms with Crippen LogP contribution in [0, 0.1) is 0 Å². The second-order valence-electron chi connectivity index (χ2n) is 11.6. The topological polar surface area (TPSA) is 3.24 Å². The zero-order chi connectivity index (χ0) is 19.2. The summed E-state index contributed by atoms with van der Waals surface area (Å²) in [5.74, 6) is 0. The zero-order valence-corrected chi connectivity index (χ0v) is 23.5. The number of hydrogen-bond acceptors (Lipinski definition) is 1. The van der Waals surface area contributed by atoms with E-state index in [2.05, 4.69) is 96.9 Å². The standard InChI is InChI=1S/C15H43BFNSi5/c1-15(2)18(19(3,4)5)16(17)23(20(6,7)8,21(9,10)11)22(12,13)14/h15H,1-14H3. The average Bonchev–Trinajstić information content (AvgIpc) is 2.04. The van der Waals surface area contributed by atoms with Crippen molar-refractivity contribution in [3.05, 3.63) is 0 Å². The fourth-order valence-corrected chi connectivity index (χ4v) is 109. The highest BCUT2D eigenvalue weighted by atomic mass is 29.9. The Hall–Kier alpha value is 1.04. The Balaban J connectivity index is 6.71. The first kappa shape index (κ1) is 24.0. The van der Waals surface area contributed by atoms with Crippen molar-refractivity contribution < 1.29 is 4.32 Å². The van der Waals surface area contributed by atoms with Crippen LogP contribution in [0.3, 0.4) is 0 Å². The van der Waals surface area contributed by atoms with Crippen LogP contribution in [0.2, 0.25) is 78.6 Å². The summed E-state index contributed by atoms with van der Waals surface area (Å²) >= 11 is 0. The van der Waals surface area contributed by atoms with Crippen molar-refractivity contribution in [2.45, 2.75) is 98.5 Å². The maximum absolute atomic E-state index is 16.7. The molecule has 0 heterocycles. The summed E-state index contributed by atoms with van der Waals surface area (Å²) in [6.07, 6.45) is 0. The second kappa shape index (κ2) is 6.98. The van der Waals surface area contributed by atoms with Crippen LogP contribution in [0.5, 0.6) is 0 Å². The molecule has 23 heavy (non-hydrogen) atoms. The summed E-state index contributed by atoms with van der Waals surface area (Å²) in [7, 11) is -6.47. The third-order valence-corrected chi connectivity index (χ3v) is 80.1. The summed E-state index contributed by atoms with van der Waals surface area (Å²) < 4.78 is 19.1. The van der Waals surface area contributed by atoms with Crippen LogP contribution >= 0.6 is 0 Å². The molecule has 0 radical (unpaired) electrons. The molecule has 8 heteroatoms. The summed E-state index contributed by atoms with van der Waals surface area (Å²) in [5.41, 5.74) is 0. The van der Waals surface area contributed by atoms with Gasteiger partial charge in [-0.05, 0) is 6.04 Å². The fourth-order valence-electron chi connectivity index (χ4n) is 6.03. The molecule has 0 atom stereocenters. The minimum atomic E-state index is -2.03.